The van der Waals surface area contributed by atoms with Gasteiger partial charge in [-0.15, -0.1) is 0 Å². The molecule has 0 saturated carbocycles. The lowest BCUT2D eigenvalue weighted by molar-refractivity contribution is -0.119. The van der Waals surface area contributed by atoms with Crippen molar-refractivity contribution in [3.05, 3.63) is 54.9 Å². The number of hydrogen-bond acceptors (Lipinski definition) is 4. The summed E-state index contributed by atoms with van der Waals surface area (Å²) >= 11 is 0. The zero-order valence-electron chi connectivity index (χ0n) is 14.0. The fourth-order valence-corrected chi connectivity index (χ4v) is 3.18. The second-order valence-electron chi connectivity index (χ2n) is 6.35. The maximum absolute atomic E-state index is 11.5. The third-order valence-corrected chi connectivity index (χ3v) is 4.63. The van der Waals surface area contributed by atoms with Crippen LogP contribution in [0.4, 0.5) is 0 Å². The number of aromatic nitrogens is 2. The summed E-state index contributed by atoms with van der Waals surface area (Å²) in [5.41, 5.74) is 2.72. The van der Waals surface area contributed by atoms with E-state index in [4.69, 9.17) is 4.74 Å². The molecule has 126 valence electrons. The highest BCUT2D eigenvalue weighted by atomic mass is 16.5. The molecule has 5 nitrogen and oxygen atoms in total. The van der Waals surface area contributed by atoms with Crippen LogP contribution in [0.2, 0.25) is 0 Å². The van der Waals surface area contributed by atoms with Crippen molar-refractivity contribution in [3.8, 4) is 17.0 Å². The number of nitrogens with zero attached hydrogens (tertiary/aromatic N) is 2. The molecule has 0 aliphatic carbocycles. The van der Waals surface area contributed by atoms with Gasteiger partial charge in [-0.1, -0.05) is 6.07 Å². The van der Waals surface area contributed by atoms with Crippen molar-refractivity contribution in [1.82, 2.24) is 15.3 Å². The van der Waals surface area contributed by atoms with Gasteiger partial charge in [0, 0.05) is 42.2 Å². The highest BCUT2D eigenvalue weighted by Gasteiger charge is 2.28. The monoisotopic (exact) mass is 333 g/mol. The van der Waals surface area contributed by atoms with E-state index in [2.05, 4.69) is 15.3 Å². The second kappa shape index (κ2) is 6.51. The van der Waals surface area contributed by atoms with Crippen LogP contribution in [0.25, 0.3) is 22.2 Å². The molecular weight excluding hydrogens is 314 g/mol. The van der Waals surface area contributed by atoms with Crippen molar-refractivity contribution >= 4 is 16.8 Å². The molecule has 1 saturated heterocycles. The van der Waals surface area contributed by atoms with Crippen LogP contribution in [-0.2, 0) is 4.79 Å². The van der Waals surface area contributed by atoms with E-state index in [0.29, 0.717) is 13.0 Å². The Kier molecular flexibility index (Phi) is 4.06. The first-order chi connectivity index (χ1) is 12.2. The summed E-state index contributed by atoms with van der Waals surface area (Å²) in [6, 6.07) is 13.8. The third-order valence-electron chi connectivity index (χ3n) is 4.63. The average molecular weight is 333 g/mol. The van der Waals surface area contributed by atoms with E-state index in [1.807, 2.05) is 49.4 Å². The van der Waals surface area contributed by atoms with Crippen molar-refractivity contribution in [2.45, 2.75) is 19.4 Å². The fourth-order valence-electron chi connectivity index (χ4n) is 3.18. The standard InChI is InChI=1S/C20H19N3O2/c1-13(15-11-20(24)23-12-15)25-19-10-14(17-6-2-3-7-21-17)9-18-16(19)5-4-8-22-18/h2-10,13,15H,11-12H2,1H3,(H,23,24). The molecule has 3 heterocycles. The predicted molar refractivity (Wildman–Crippen MR) is 96.2 cm³/mol. The fraction of sp³-hybridized carbons (Fsp3) is 0.250. The van der Waals surface area contributed by atoms with E-state index in [0.717, 1.165) is 27.9 Å². The Morgan fingerprint density at radius 2 is 2.04 bits per heavy atom. The van der Waals surface area contributed by atoms with Crippen molar-refractivity contribution in [2.75, 3.05) is 6.54 Å². The topological polar surface area (TPSA) is 64.1 Å². The zero-order chi connectivity index (χ0) is 17.2. The van der Waals surface area contributed by atoms with Crippen LogP contribution in [0.5, 0.6) is 5.75 Å². The summed E-state index contributed by atoms with van der Waals surface area (Å²) in [6.07, 6.45) is 3.99. The number of nitrogens with one attached hydrogen (secondary N) is 1. The first-order valence-electron chi connectivity index (χ1n) is 8.44. The molecule has 4 rings (SSSR count). The minimum absolute atomic E-state index is 0.0682. The summed E-state index contributed by atoms with van der Waals surface area (Å²) in [5, 5.41) is 3.83. The number of carbonyl (C=O) groups is 1. The van der Waals surface area contributed by atoms with Gasteiger partial charge in [-0.05, 0) is 43.3 Å². The van der Waals surface area contributed by atoms with Crippen LogP contribution in [0.15, 0.2) is 54.9 Å². The molecule has 1 aliphatic rings. The van der Waals surface area contributed by atoms with Crippen LogP contribution in [0.1, 0.15) is 13.3 Å². The van der Waals surface area contributed by atoms with Gasteiger partial charge in [0.05, 0.1) is 11.2 Å². The summed E-state index contributed by atoms with van der Waals surface area (Å²) in [5.74, 6) is 1.05. The molecule has 2 atom stereocenters. The van der Waals surface area contributed by atoms with Gasteiger partial charge in [-0.25, -0.2) is 0 Å². The minimum Gasteiger partial charge on any atom is -0.490 e. The van der Waals surface area contributed by atoms with E-state index in [1.165, 1.54) is 0 Å². The van der Waals surface area contributed by atoms with Crippen molar-refractivity contribution in [1.29, 1.82) is 0 Å². The van der Waals surface area contributed by atoms with Crippen LogP contribution < -0.4 is 10.1 Å². The average Bonchev–Trinajstić information content (AvgIpc) is 3.09. The highest BCUT2D eigenvalue weighted by molar-refractivity contribution is 5.89. The number of hydrogen-bond donors (Lipinski definition) is 1. The van der Waals surface area contributed by atoms with E-state index < -0.39 is 0 Å². The molecule has 1 aromatic carbocycles. The van der Waals surface area contributed by atoms with Gasteiger partial charge in [-0.2, -0.15) is 0 Å². The molecule has 3 aromatic rings. The Morgan fingerprint density at radius 3 is 2.80 bits per heavy atom. The minimum atomic E-state index is -0.0682. The molecule has 1 N–H and O–H groups in total. The molecule has 2 aromatic heterocycles. The lowest BCUT2D eigenvalue weighted by Gasteiger charge is -2.21. The van der Waals surface area contributed by atoms with Gasteiger partial charge in [0.2, 0.25) is 5.91 Å². The molecule has 5 heteroatoms. The zero-order valence-corrected chi connectivity index (χ0v) is 14.0. The van der Waals surface area contributed by atoms with E-state index >= 15 is 0 Å². The van der Waals surface area contributed by atoms with Crippen molar-refractivity contribution in [3.63, 3.8) is 0 Å². The summed E-state index contributed by atoms with van der Waals surface area (Å²) in [4.78, 5) is 20.4. The Labute approximate surface area is 146 Å². The Morgan fingerprint density at radius 1 is 1.16 bits per heavy atom. The molecule has 1 amide bonds. The van der Waals surface area contributed by atoms with Crippen LogP contribution in [0, 0.1) is 5.92 Å². The lowest BCUT2D eigenvalue weighted by atomic mass is 10.0. The SMILES string of the molecule is CC(Oc1cc(-c2ccccn2)cc2ncccc12)C1CNC(=O)C1. The number of rotatable bonds is 4. The number of fused-ring (bicyclic) bond motifs is 1. The highest BCUT2D eigenvalue weighted by Crippen LogP contribution is 2.32. The number of carbonyl (C=O) groups excluding carboxylic acids is 1. The number of pyridine rings is 2. The van der Waals surface area contributed by atoms with Crippen LogP contribution in [-0.4, -0.2) is 28.5 Å². The Hall–Kier alpha value is -2.95. The Balaban J connectivity index is 1.72. The summed E-state index contributed by atoms with van der Waals surface area (Å²) in [7, 11) is 0. The molecule has 2 unspecified atom stereocenters. The van der Waals surface area contributed by atoms with E-state index in [9.17, 15) is 4.79 Å². The molecule has 1 aliphatic heterocycles. The second-order valence-corrected chi connectivity index (χ2v) is 6.35. The molecule has 0 radical (unpaired) electrons. The largest absolute Gasteiger partial charge is 0.490 e. The molecule has 0 spiro atoms. The lowest BCUT2D eigenvalue weighted by Crippen LogP contribution is -2.25. The molecular formula is C20H19N3O2. The van der Waals surface area contributed by atoms with Gasteiger partial charge in [0.1, 0.15) is 11.9 Å². The first-order valence-corrected chi connectivity index (χ1v) is 8.44. The van der Waals surface area contributed by atoms with Gasteiger partial charge >= 0.3 is 0 Å². The maximum atomic E-state index is 11.5. The summed E-state index contributed by atoms with van der Waals surface area (Å²) in [6.45, 7) is 2.68. The van der Waals surface area contributed by atoms with Gasteiger partial charge < -0.3 is 10.1 Å². The van der Waals surface area contributed by atoms with Gasteiger partial charge in [-0.3, -0.25) is 14.8 Å². The predicted octanol–water partition coefficient (Wildman–Crippen LogP) is 3.20. The van der Waals surface area contributed by atoms with Gasteiger partial charge in [0.15, 0.2) is 0 Å². The van der Waals surface area contributed by atoms with Crippen LogP contribution in [0.3, 0.4) is 0 Å². The van der Waals surface area contributed by atoms with E-state index in [1.54, 1.807) is 12.4 Å². The maximum Gasteiger partial charge on any atom is 0.220 e. The number of ether oxygens (including phenoxy) is 1. The molecule has 1 fully saturated rings. The van der Waals surface area contributed by atoms with Crippen molar-refractivity contribution in [2.24, 2.45) is 5.92 Å². The first kappa shape index (κ1) is 15.6. The van der Waals surface area contributed by atoms with E-state index in [-0.39, 0.29) is 17.9 Å². The van der Waals surface area contributed by atoms with Crippen molar-refractivity contribution < 1.29 is 9.53 Å². The number of amides is 1. The number of benzene rings is 1. The smallest absolute Gasteiger partial charge is 0.220 e. The van der Waals surface area contributed by atoms with Crippen LogP contribution >= 0.6 is 0 Å². The molecule has 0 bridgehead atoms. The Bertz CT molecular complexity index is 911. The third kappa shape index (κ3) is 3.18. The molecule has 25 heavy (non-hydrogen) atoms. The quantitative estimate of drug-likeness (QED) is 0.796. The normalized spacial score (nSPS) is 18.1. The summed E-state index contributed by atoms with van der Waals surface area (Å²) < 4.78 is 6.26. The van der Waals surface area contributed by atoms with Gasteiger partial charge in [0.25, 0.3) is 0 Å².